The van der Waals surface area contributed by atoms with Crippen LogP contribution in [0.15, 0.2) is 18.2 Å². The van der Waals surface area contributed by atoms with E-state index in [-0.39, 0.29) is 0 Å². The Morgan fingerprint density at radius 1 is 0.767 bits per heavy atom. The molecule has 3 aliphatic rings. The van der Waals surface area contributed by atoms with Gasteiger partial charge >= 0.3 is 0 Å². The van der Waals surface area contributed by atoms with E-state index in [1.165, 1.54) is 89.9 Å². The Morgan fingerprint density at radius 2 is 1.57 bits per heavy atom. The van der Waals surface area contributed by atoms with Gasteiger partial charge in [-0.25, -0.2) is 0 Å². The number of benzene rings is 1. The van der Waals surface area contributed by atoms with Gasteiger partial charge in [0.05, 0.1) is 6.10 Å². The lowest BCUT2D eigenvalue weighted by atomic mass is 9.62. The normalized spacial score (nSPS) is 31.2. The van der Waals surface area contributed by atoms with Crippen LogP contribution in [0.5, 0.6) is 0 Å². The highest BCUT2D eigenvalue weighted by atomic mass is 16.5. The highest BCUT2D eigenvalue weighted by molar-refractivity contribution is 5.34. The molecule has 0 heterocycles. The Morgan fingerprint density at radius 3 is 2.40 bits per heavy atom. The quantitative estimate of drug-likeness (QED) is 0.376. The third kappa shape index (κ3) is 5.70. The molecule has 0 aliphatic heterocycles. The van der Waals surface area contributed by atoms with Gasteiger partial charge in [-0.05, 0) is 117 Å². The van der Waals surface area contributed by atoms with Gasteiger partial charge in [0.1, 0.15) is 0 Å². The predicted molar refractivity (Wildman–Crippen MR) is 128 cm³/mol. The number of fused-ring (bicyclic) bond motifs is 2. The molecular formula is C29H46O. The van der Waals surface area contributed by atoms with E-state index in [0.29, 0.717) is 6.10 Å². The van der Waals surface area contributed by atoms with Gasteiger partial charge in [0.2, 0.25) is 0 Å². The molecule has 1 nitrogen and oxygen atoms in total. The van der Waals surface area contributed by atoms with Crippen LogP contribution in [-0.4, -0.2) is 12.7 Å². The summed E-state index contributed by atoms with van der Waals surface area (Å²) in [5, 5.41) is 0. The molecule has 0 bridgehead atoms. The standard InChI is InChI=1S/C29H46O/c1-3-5-6-7-8-22-9-10-24-19-25(12-11-23(24)18-22)26-13-14-28-21-29(30-17-4-2)16-15-27(28)20-26/h9-10,18,25-29H,3-8,11-17,19-21H2,1-2H3/t25?,26?,27-,28?,29-/m1/s1. The van der Waals surface area contributed by atoms with Crippen LogP contribution in [0.25, 0.3) is 0 Å². The molecule has 30 heavy (non-hydrogen) atoms. The second-order valence-corrected chi connectivity index (χ2v) is 10.8. The molecule has 1 heteroatoms. The first-order chi connectivity index (χ1) is 14.8. The number of rotatable bonds is 9. The van der Waals surface area contributed by atoms with Gasteiger partial charge in [-0.3, -0.25) is 0 Å². The summed E-state index contributed by atoms with van der Waals surface area (Å²) in [5.74, 6) is 3.89. The van der Waals surface area contributed by atoms with Crippen molar-refractivity contribution in [2.45, 2.75) is 116 Å². The average molecular weight is 411 g/mol. The van der Waals surface area contributed by atoms with Crippen molar-refractivity contribution < 1.29 is 4.74 Å². The molecule has 3 unspecified atom stereocenters. The molecule has 0 amide bonds. The van der Waals surface area contributed by atoms with Crippen molar-refractivity contribution in [3.05, 3.63) is 34.9 Å². The van der Waals surface area contributed by atoms with E-state index < -0.39 is 0 Å². The zero-order valence-corrected chi connectivity index (χ0v) is 19.8. The largest absolute Gasteiger partial charge is 0.378 e. The topological polar surface area (TPSA) is 9.23 Å². The number of aryl methyl sites for hydroxylation is 2. The van der Waals surface area contributed by atoms with Crippen LogP contribution < -0.4 is 0 Å². The third-order valence-electron chi connectivity index (χ3n) is 8.69. The molecule has 2 fully saturated rings. The summed E-state index contributed by atoms with van der Waals surface area (Å²) in [6.07, 6.45) is 21.2. The van der Waals surface area contributed by atoms with Gasteiger partial charge in [-0.1, -0.05) is 51.3 Å². The molecule has 168 valence electrons. The van der Waals surface area contributed by atoms with E-state index in [1.54, 1.807) is 16.7 Å². The molecule has 2 saturated carbocycles. The van der Waals surface area contributed by atoms with Crippen LogP contribution in [0.2, 0.25) is 0 Å². The Bertz CT molecular complexity index is 650. The van der Waals surface area contributed by atoms with Crippen LogP contribution in [-0.2, 0) is 24.0 Å². The van der Waals surface area contributed by atoms with Crippen molar-refractivity contribution in [1.82, 2.24) is 0 Å². The van der Waals surface area contributed by atoms with Crippen LogP contribution in [0.4, 0.5) is 0 Å². The van der Waals surface area contributed by atoms with E-state index in [9.17, 15) is 0 Å². The van der Waals surface area contributed by atoms with Gasteiger partial charge in [-0.2, -0.15) is 0 Å². The Balaban J connectivity index is 1.27. The molecule has 4 rings (SSSR count). The predicted octanol–water partition coefficient (Wildman–Crippen LogP) is 7.93. The fourth-order valence-corrected chi connectivity index (χ4v) is 6.90. The summed E-state index contributed by atoms with van der Waals surface area (Å²) in [6.45, 7) is 5.50. The number of ether oxygens (including phenoxy) is 1. The van der Waals surface area contributed by atoms with Crippen molar-refractivity contribution in [2.75, 3.05) is 6.61 Å². The van der Waals surface area contributed by atoms with Crippen molar-refractivity contribution in [3.63, 3.8) is 0 Å². The summed E-state index contributed by atoms with van der Waals surface area (Å²) in [6, 6.07) is 7.51. The first-order valence-electron chi connectivity index (χ1n) is 13.5. The molecule has 0 aromatic heterocycles. The lowest BCUT2D eigenvalue weighted by Gasteiger charge is -2.45. The minimum absolute atomic E-state index is 0.570. The van der Waals surface area contributed by atoms with Gasteiger partial charge in [-0.15, -0.1) is 0 Å². The summed E-state index contributed by atoms with van der Waals surface area (Å²) in [4.78, 5) is 0. The van der Waals surface area contributed by atoms with Crippen molar-refractivity contribution >= 4 is 0 Å². The Labute approximate surface area is 186 Å². The molecule has 1 aromatic carbocycles. The maximum atomic E-state index is 6.11. The third-order valence-corrected chi connectivity index (χ3v) is 8.69. The van der Waals surface area contributed by atoms with Crippen LogP contribution >= 0.6 is 0 Å². The van der Waals surface area contributed by atoms with E-state index >= 15 is 0 Å². The lowest BCUT2D eigenvalue weighted by molar-refractivity contribution is -0.0236. The SMILES string of the molecule is CCCCCCc1ccc2c(c1)CCC(C1CCC3C[C@H](OCCC)CC[C@@H]3C1)C2. The summed E-state index contributed by atoms with van der Waals surface area (Å²) in [7, 11) is 0. The van der Waals surface area contributed by atoms with Gasteiger partial charge in [0.15, 0.2) is 0 Å². The maximum Gasteiger partial charge on any atom is 0.0578 e. The molecule has 0 saturated heterocycles. The zero-order chi connectivity index (χ0) is 20.8. The highest BCUT2D eigenvalue weighted by Gasteiger charge is 2.38. The first-order valence-corrected chi connectivity index (χ1v) is 13.5. The van der Waals surface area contributed by atoms with E-state index in [0.717, 1.165) is 36.7 Å². The maximum absolute atomic E-state index is 6.11. The molecule has 5 atom stereocenters. The molecule has 0 spiro atoms. The van der Waals surface area contributed by atoms with E-state index in [1.807, 2.05) is 0 Å². The fourth-order valence-electron chi connectivity index (χ4n) is 6.90. The molecular weight excluding hydrogens is 364 g/mol. The van der Waals surface area contributed by atoms with Crippen molar-refractivity contribution in [3.8, 4) is 0 Å². The zero-order valence-electron chi connectivity index (χ0n) is 19.8. The molecule has 3 aliphatic carbocycles. The molecule has 0 radical (unpaired) electrons. The second-order valence-electron chi connectivity index (χ2n) is 10.8. The van der Waals surface area contributed by atoms with Crippen LogP contribution in [0.1, 0.15) is 108 Å². The lowest BCUT2D eigenvalue weighted by Crippen LogP contribution is -2.37. The average Bonchev–Trinajstić information content (AvgIpc) is 2.79. The Hall–Kier alpha value is -0.820. The van der Waals surface area contributed by atoms with Gasteiger partial charge in [0, 0.05) is 6.61 Å². The summed E-state index contributed by atoms with van der Waals surface area (Å²) >= 11 is 0. The first kappa shape index (κ1) is 22.4. The van der Waals surface area contributed by atoms with E-state index in [2.05, 4.69) is 32.0 Å². The minimum Gasteiger partial charge on any atom is -0.378 e. The van der Waals surface area contributed by atoms with Crippen LogP contribution in [0, 0.1) is 23.7 Å². The summed E-state index contributed by atoms with van der Waals surface area (Å²) < 4.78 is 6.11. The van der Waals surface area contributed by atoms with Gasteiger partial charge in [0.25, 0.3) is 0 Å². The molecule has 0 N–H and O–H groups in total. The summed E-state index contributed by atoms with van der Waals surface area (Å²) in [5.41, 5.74) is 4.95. The minimum atomic E-state index is 0.570. The monoisotopic (exact) mass is 410 g/mol. The highest BCUT2D eigenvalue weighted by Crippen LogP contribution is 2.47. The number of hydrogen-bond acceptors (Lipinski definition) is 1. The smallest absolute Gasteiger partial charge is 0.0578 e. The van der Waals surface area contributed by atoms with Crippen molar-refractivity contribution in [1.29, 1.82) is 0 Å². The fraction of sp³-hybridized carbons (Fsp3) is 0.793. The van der Waals surface area contributed by atoms with Crippen molar-refractivity contribution in [2.24, 2.45) is 23.7 Å². The Kier molecular flexibility index (Phi) is 8.33. The van der Waals surface area contributed by atoms with Crippen LogP contribution in [0.3, 0.4) is 0 Å². The second kappa shape index (κ2) is 11.2. The molecule has 1 aromatic rings. The van der Waals surface area contributed by atoms with E-state index in [4.69, 9.17) is 4.74 Å². The number of unbranched alkanes of at least 4 members (excludes halogenated alkanes) is 3. The number of hydrogen-bond donors (Lipinski definition) is 0. The van der Waals surface area contributed by atoms with Gasteiger partial charge < -0.3 is 4.74 Å².